The Bertz CT molecular complexity index is 462. The lowest BCUT2D eigenvalue weighted by molar-refractivity contribution is 0.107. The normalized spacial score (nSPS) is 12.2. The van der Waals surface area contributed by atoms with Gasteiger partial charge in [0.1, 0.15) is 16.9 Å². The van der Waals surface area contributed by atoms with E-state index >= 15 is 0 Å². The maximum Gasteiger partial charge on any atom is 0.181 e. The molecule has 0 radical (unpaired) electrons. The average Bonchev–Trinajstić information content (AvgIpc) is 2.61. The van der Waals surface area contributed by atoms with Crippen molar-refractivity contribution in [2.75, 3.05) is 5.75 Å². The number of hydrogen-bond donors (Lipinski definition) is 2. The summed E-state index contributed by atoms with van der Waals surface area (Å²) in [5.74, 6) is 0.581. The van der Waals surface area contributed by atoms with E-state index in [4.69, 9.17) is 0 Å². The van der Waals surface area contributed by atoms with Gasteiger partial charge in [-0.3, -0.25) is 0 Å². The van der Waals surface area contributed by atoms with Crippen LogP contribution >= 0.6 is 11.8 Å². The fraction of sp³-hybridized carbons (Fsp3) is 0.444. The molecule has 6 heteroatoms. The molecule has 15 heavy (non-hydrogen) atoms. The molecule has 0 unspecified atom stereocenters. The first kappa shape index (κ1) is 10.4. The topological polar surface area (TPSA) is 74.7 Å². The van der Waals surface area contributed by atoms with Gasteiger partial charge in [-0.2, -0.15) is 0 Å². The van der Waals surface area contributed by atoms with Gasteiger partial charge in [-0.25, -0.2) is 15.0 Å². The molecule has 0 atom stereocenters. The van der Waals surface area contributed by atoms with Crippen LogP contribution in [0.2, 0.25) is 0 Å². The molecule has 2 N–H and O–H groups in total. The first-order chi connectivity index (χ1) is 7.06. The second-order valence-corrected chi connectivity index (χ2v) is 4.85. The molecule has 2 aromatic rings. The summed E-state index contributed by atoms with van der Waals surface area (Å²) in [7, 11) is 0. The Kier molecular flexibility index (Phi) is 2.62. The van der Waals surface area contributed by atoms with Crippen LogP contribution in [0.25, 0.3) is 11.2 Å². The van der Waals surface area contributed by atoms with Crippen LogP contribution in [-0.2, 0) is 0 Å². The number of H-pyrrole nitrogens is 1. The number of fused-ring (bicyclic) bond motifs is 1. The summed E-state index contributed by atoms with van der Waals surface area (Å²) in [4.78, 5) is 15.2. The van der Waals surface area contributed by atoms with Crippen molar-refractivity contribution in [3.8, 4) is 0 Å². The molecule has 2 heterocycles. The van der Waals surface area contributed by atoms with Crippen molar-refractivity contribution in [3.05, 3.63) is 12.7 Å². The largest absolute Gasteiger partial charge is 0.390 e. The highest BCUT2D eigenvalue weighted by atomic mass is 32.2. The van der Waals surface area contributed by atoms with E-state index in [1.807, 2.05) is 0 Å². The third kappa shape index (κ3) is 2.45. The van der Waals surface area contributed by atoms with Gasteiger partial charge < -0.3 is 10.1 Å². The van der Waals surface area contributed by atoms with E-state index in [2.05, 4.69) is 19.9 Å². The molecule has 0 saturated carbocycles. The maximum atomic E-state index is 9.61. The molecule has 2 aromatic heterocycles. The number of aliphatic hydroxyl groups is 1. The fourth-order valence-corrected chi connectivity index (χ4v) is 2.00. The Labute approximate surface area is 91.4 Å². The van der Waals surface area contributed by atoms with Crippen molar-refractivity contribution in [1.82, 2.24) is 19.9 Å². The smallest absolute Gasteiger partial charge is 0.181 e. The van der Waals surface area contributed by atoms with E-state index in [1.54, 1.807) is 20.2 Å². The third-order valence-electron chi connectivity index (χ3n) is 1.75. The van der Waals surface area contributed by atoms with E-state index < -0.39 is 5.60 Å². The number of aromatic nitrogens is 4. The molecular formula is C9H12N4OS. The lowest BCUT2D eigenvalue weighted by atomic mass is 10.2. The van der Waals surface area contributed by atoms with E-state index in [0.717, 1.165) is 10.5 Å². The zero-order valence-corrected chi connectivity index (χ0v) is 9.38. The van der Waals surface area contributed by atoms with E-state index in [-0.39, 0.29) is 0 Å². The van der Waals surface area contributed by atoms with Gasteiger partial charge in [0.2, 0.25) is 0 Å². The zero-order valence-electron chi connectivity index (χ0n) is 8.56. The summed E-state index contributed by atoms with van der Waals surface area (Å²) < 4.78 is 0. The molecule has 0 aliphatic heterocycles. The van der Waals surface area contributed by atoms with Gasteiger partial charge in [0, 0.05) is 5.75 Å². The highest BCUT2D eigenvalue weighted by Crippen LogP contribution is 2.24. The quantitative estimate of drug-likeness (QED) is 0.605. The number of nitrogens with zero attached hydrogens (tertiary/aromatic N) is 3. The number of rotatable bonds is 3. The molecule has 0 saturated heterocycles. The highest BCUT2D eigenvalue weighted by Gasteiger charge is 2.15. The second kappa shape index (κ2) is 3.79. The maximum absolute atomic E-state index is 9.61. The lowest BCUT2D eigenvalue weighted by Gasteiger charge is -2.15. The minimum Gasteiger partial charge on any atom is -0.390 e. The second-order valence-electron chi connectivity index (χ2n) is 3.88. The fourth-order valence-electron chi connectivity index (χ4n) is 1.10. The van der Waals surface area contributed by atoms with Crippen LogP contribution in [0.1, 0.15) is 13.8 Å². The molecule has 0 fully saturated rings. The molecule has 0 aromatic carbocycles. The Morgan fingerprint density at radius 3 is 2.93 bits per heavy atom. The van der Waals surface area contributed by atoms with Crippen molar-refractivity contribution in [2.45, 2.75) is 24.5 Å². The molecule has 0 bridgehead atoms. The Morgan fingerprint density at radius 1 is 1.40 bits per heavy atom. The number of nitrogens with one attached hydrogen (secondary N) is 1. The molecular weight excluding hydrogens is 212 g/mol. The van der Waals surface area contributed by atoms with Crippen LogP contribution in [0.5, 0.6) is 0 Å². The van der Waals surface area contributed by atoms with Crippen LogP contribution in [0.15, 0.2) is 17.7 Å². The van der Waals surface area contributed by atoms with Crippen molar-refractivity contribution >= 4 is 22.9 Å². The standard InChI is InChI=1S/C9H12N4OS/c1-9(2,14)3-15-8-6-7(11-4-10-6)12-5-13-8/h4-5,14H,3H2,1-2H3,(H,10,11,12,13). The number of thioether (sulfide) groups is 1. The molecule has 2 rings (SSSR count). The van der Waals surface area contributed by atoms with Gasteiger partial charge in [0.05, 0.1) is 11.9 Å². The summed E-state index contributed by atoms with van der Waals surface area (Å²) in [5.41, 5.74) is 0.775. The summed E-state index contributed by atoms with van der Waals surface area (Å²) in [6.45, 7) is 3.54. The Balaban J connectivity index is 2.24. The van der Waals surface area contributed by atoms with Crippen LogP contribution in [0.4, 0.5) is 0 Å². The predicted molar refractivity (Wildman–Crippen MR) is 58.7 cm³/mol. The van der Waals surface area contributed by atoms with Crippen molar-refractivity contribution in [3.63, 3.8) is 0 Å². The lowest BCUT2D eigenvalue weighted by Crippen LogP contribution is -2.21. The Hall–Kier alpha value is -1.14. The summed E-state index contributed by atoms with van der Waals surface area (Å²) in [6.07, 6.45) is 3.07. The number of aromatic amines is 1. The molecule has 0 spiro atoms. The monoisotopic (exact) mass is 224 g/mol. The van der Waals surface area contributed by atoms with Gasteiger partial charge in [0.15, 0.2) is 5.65 Å². The van der Waals surface area contributed by atoms with Crippen molar-refractivity contribution in [1.29, 1.82) is 0 Å². The van der Waals surface area contributed by atoms with Crippen LogP contribution in [0.3, 0.4) is 0 Å². The summed E-state index contributed by atoms with van der Waals surface area (Å²) >= 11 is 1.49. The molecule has 0 aliphatic carbocycles. The van der Waals surface area contributed by atoms with E-state index in [1.165, 1.54) is 18.1 Å². The van der Waals surface area contributed by atoms with E-state index in [0.29, 0.717) is 11.4 Å². The van der Waals surface area contributed by atoms with Gasteiger partial charge in [0.25, 0.3) is 0 Å². The van der Waals surface area contributed by atoms with E-state index in [9.17, 15) is 5.11 Å². The Morgan fingerprint density at radius 2 is 2.20 bits per heavy atom. The predicted octanol–water partition coefficient (Wildman–Crippen LogP) is 1.22. The van der Waals surface area contributed by atoms with Crippen LogP contribution in [0, 0.1) is 0 Å². The number of imidazole rings is 1. The zero-order chi connectivity index (χ0) is 10.9. The van der Waals surface area contributed by atoms with Gasteiger partial charge in [-0.1, -0.05) is 0 Å². The molecule has 0 aliphatic rings. The third-order valence-corrected chi connectivity index (χ3v) is 3.18. The summed E-state index contributed by atoms with van der Waals surface area (Å²) in [5, 5.41) is 10.4. The summed E-state index contributed by atoms with van der Waals surface area (Å²) in [6, 6.07) is 0. The molecule has 0 amide bonds. The first-order valence-corrected chi connectivity index (χ1v) is 5.54. The minimum atomic E-state index is -0.706. The van der Waals surface area contributed by atoms with Crippen molar-refractivity contribution in [2.24, 2.45) is 0 Å². The average molecular weight is 224 g/mol. The van der Waals surface area contributed by atoms with Gasteiger partial charge in [-0.05, 0) is 13.8 Å². The van der Waals surface area contributed by atoms with Crippen molar-refractivity contribution < 1.29 is 5.11 Å². The molecule has 5 nitrogen and oxygen atoms in total. The highest BCUT2D eigenvalue weighted by molar-refractivity contribution is 7.99. The van der Waals surface area contributed by atoms with Crippen LogP contribution in [-0.4, -0.2) is 36.4 Å². The van der Waals surface area contributed by atoms with Gasteiger partial charge >= 0.3 is 0 Å². The van der Waals surface area contributed by atoms with Crippen LogP contribution < -0.4 is 0 Å². The SMILES string of the molecule is CC(C)(O)CSc1ncnc2nc[nH]c12. The number of hydrogen-bond acceptors (Lipinski definition) is 5. The molecule has 80 valence electrons. The van der Waals surface area contributed by atoms with Gasteiger partial charge in [-0.15, -0.1) is 11.8 Å². The minimum absolute atomic E-state index is 0.581. The first-order valence-electron chi connectivity index (χ1n) is 4.55.